The molecule has 5 heteroatoms. The first kappa shape index (κ1) is 18.9. The van der Waals surface area contributed by atoms with Crippen LogP contribution in [-0.2, 0) is 12.7 Å². The van der Waals surface area contributed by atoms with Gasteiger partial charge in [0.1, 0.15) is 0 Å². The Morgan fingerprint density at radius 3 is 1.95 bits per heavy atom. The lowest BCUT2D eigenvalue weighted by Gasteiger charge is -2.37. The molecule has 0 aliphatic rings. The minimum Gasteiger partial charge on any atom is -0.293 e. The molecule has 0 saturated carbocycles. The van der Waals surface area contributed by atoms with Crippen LogP contribution in [0.2, 0.25) is 0 Å². The molecule has 1 heterocycles. The van der Waals surface area contributed by atoms with Gasteiger partial charge in [-0.1, -0.05) is 20.8 Å². The molecule has 1 rings (SSSR count). The van der Waals surface area contributed by atoms with E-state index in [2.05, 4.69) is 51.4 Å². The van der Waals surface area contributed by atoms with Crippen LogP contribution in [0.15, 0.2) is 18.3 Å². The molecule has 0 aliphatic carbocycles. The van der Waals surface area contributed by atoms with Crippen LogP contribution >= 0.6 is 0 Å². The molecule has 0 aliphatic heterocycles. The van der Waals surface area contributed by atoms with Crippen molar-refractivity contribution in [2.75, 3.05) is 6.54 Å². The van der Waals surface area contributed by atoms with Crippen molar-refractivity contribution < 1.29 is 13.2 Å². The van der Waals surface area contributed by atoms with Crippen LogP contribution in [0.4, 0.5) is 13.2 Å². The maximum Gasteiger partial charge on any atom is 0.417 e. The Morgan fingerprint density at radius 2 is 1.59 bits per heavy atom. The molecule has 126 valence electrons. The van der Waals surface area contributed by atoms with Crippen molar-refractivity contribution in [3.05, 3.63) is 29.6 Å². The SMILES string of the molecule is CC(C)(C)CCN(Cc1ccc(C(F)(F)F)cn1)C(C)(C)C. The third-order valence-electron chi connectivity index (χ3n) is 3.59. The zero-order chi connectivity index (χ0) is 17.2. The van der Waals surface area contributed by atoms with Gasteiger partial charge >= 0.3 is 6.18 Å². The maximum atomic E-state index is 12.6. The number of pyridine rings is 1. The lowest BCUT2D eigenvalue weighted by molar-refractivity contribution is -0.137. The summed E-state index contributed by atoms with van der Waals surface area (Å²) < 4.78 is 37.7. The van der Waals surface area contributed by atoms with E-state index in [0.717, 1.165) is 25.2 Å². The fraction of sp³-hybridized carbons (Fsp3) is 0.706. The van der Waals surface area contributed by atoms with Gasteiger partial charge in [-0.3, -0.25) is 9.88 Å². The molecule has 0 spiro atoms. The highest BCUT2D eigenvalue weighted by Gasteiger charge is 2.31. The quantitative estimate of drug-likeness (QED) is 0.765. The second kappa shape index (κ2) is 6.57. The molecular formula is C17H27F3N2. The molecule has 2 nitrogen and oxygen atoms in total. The summed E-state index contributed by atoms with van der Waals surface area (Å²) in [6.07, 6.45) is -2.40. The van der Waals surface area contributed by atoms with Gasteiger partial charge in [0, 0.05) is 18.3 Å². The Labute approximate surface area is 131 Å². The number of halogens is 3. The molecular weight excluding hydrogens is 289 g/mol. The number of hydrogen-bond donors (Lipinski definition) is 0. The number of hydrogen-bond acceptors (Lipinski definition) is 2. The normalized spacial score (nSPS) is 13.7. The first-order chi connectivity index (χ1) is 9.79. The van der Waals surface area contributed by atoms with Crippen molar-refractivity contribution in [2.45, 2.75) is 66.2 Å². The summed E-state index contributed by atoms with van der Waals surface area (Å²) in [5, 5.41) is 0. The summed E-state index contributed by atoms with van der Waals surface area (Å²) in [7, 11) is 0. The standard InChI is InChI=1S/C17H27F3N2/c1-15(2,3)9-10-22(16(4,5)6)12-14-8-7-13(11-21-14)17(18,19)20/h7-8,11H,9-10,12H2,1-6H3. The Morgan fingerprint density at radius 1 is 1.00 bits per heavy atom. The van der Waals surface area contributed by atoms with Crippen molar-refractivity contribution in [1.29, 1.82) is 0 Å². The molecule has 0 N–H and O–H groups in total. The van der Waals surface area contributed by atoms with Crippen LogP contribution < -0.4 is 0 Å². The number of nitrogens with zero attached hydrogens (tertiary/aromatic N) is 2. The zero-order valence-corrected chi connectivity index (χ0v) is 14.4. The summed E-state index contributed by atoms with van der Waals surface area (Å²) >= 11 is 0. The Balaban J connectivity index is 2.82. The van der Waals surface area contributed by atoms with E-state index < -0.39 is 11.7 Å². The van der Waals surface area contributed by atoms with Gasteiger partial charge in [-0.2, -0.15) is 13.2 Å². The van der Waals surface area contributed by atoms with Crippen LogP contribution in [0.25, 0.3) is 0 Å². The summed E-state index contributed by atoms with van der Waals surface area (Å²) in [6, 6.07) is 2.57. The van der Waals surface area contributed by atoms with Crippen molar-refractivity contribution in [3.63, 3.8) is 0 Å². The summed E-state index contributed by atoms with van der Waals surface area (Å²) in [6.45, 7) is 14.3. The largest absolute Gasteiger partial charge is 0.417 e. The molecule has 22 heavy (non-hydrogen) atoms. The number of rotatable bonds is 4. The van der Waals surface area contributed by atoms with Crippen molar-refractivity contribution in [2.24, 2.45) is 5.41 Å². The first-order valence-electron chi connectivity index (χ1n) is 7.56. The zero-order valence-electron chi connectivity index (χ0n) is 14.4. The summed E-state index contributed by atoms with van der Waals surface area (Å²) in [5.41, 5.74) is 0.122. The van der Waals surface area contributed by atoms with E-state index in [0.29, 0.717) is 12.2 Å². The van der Waals surface area contributed by atoms with Crippen LogP contribution in [0, 0.1) is 5.41 Å². The smallest absolute Gasteiger partial charge is 0.293 e. The van der Waals surface area contributed by atoms with Gasteiger partial charge in [0.25, 0.3) is 0 Å². The first-order valence-corrected chi connectivity index (χ1v) is 7.56. The summed E-state index contributed by atoms with van der Waals surface area (Å²) in [5.74, 6) is 0. The lowest BCUT2D eigenvalue weighted by Crippen LogP contribution is -2.42. The molecule has 0 bridgehead atoms. The van der Waals surface area contributed by atoms with Gasteiger partial charge in [-0.25, -0.2) is 0 Å². The average molecular weight is 316 g/mol. The lowest BCUT2D eigenvalue weighted by atomic mass is 9.91. The molecule has 0 fully saturated rings. The minimum atomic E-state index is -4.33. The number of alkyl halides is 3. The highest BCUT2D eigenvalue weighted by atomic mass is 19.4. The molecule has 0 saturated heterocycles. The molecule has 0 atom stereocenters. The molecule has 0 radical (unpaired) electrons. The van der Waals surface area contributed by atoms with Crippen LogP contribution in [0.3, 0.4) is 0 Å². The highest BCUT2D eigenvalue weighted by Crippen LogP contribution is 2.29. The van der Waals surface area contributed by atoms with Crippen molar-refractivity contribution in [3.8, 4) is 0 Å². The monoisotopic (exact) mass is 316 g/mol. The Bertz CT molecular complexity index is 465. The predicted octanol–water partition coefficient (Wildman–Crippen LogP) is 5.14. The molecule has 0 aromatic carbocycles. The number of aromatic nitrogens is 1. The Hall–Kier alpha value is -1.10. The van der Waals surface area contributed by atoms with Crippen LogP contribution in [0.5, 0.6) is 0 Å². The third-order valence-corrected chi connectivity index (χ3v) is 3.59. The minimum absolute atomic E-state index is 0.0599. The van der Waals surface area contributed by atoms with E-state index in [9.17, 15) is 13.2 Å². The predicted molar refractivity (Wildman–Crippen MR) is 83.5 cm³/mol. The van der Waals surface area contributed by atoms with E-state index in [-0.39, 0.29) is 11.0 Å². The molecule has 0 amide bonds. The van der Waals surface area contributed by atoms with Crippen LogP contribution in [-0.4, -0.2) is 22.0 Å². The van der Waals surface area contributed by atoms with Gasteiger partial charge in [-0.15, -0.1) is 0 Å². The van der Waals surface area contributed by atoms with Gasteiger partial charge in [0.2, 0.25) is 0 Å². The van der Waals surface area contributed by atoms with E-state index in [1.165, 1.54) is 6.07 Å². The van der Waals surface area contributed by atoms with E-state index in [4.69, 9.17) is 0 Å². The average Bonchev–Trinajstić information content (AvgIpc) is 2.31. The third kappa shape index (κ3) is 6.34. The van der Waals surface area contributed by atoms with Gasteiger partial charge < -0.3 is 0 Å². The fourth-order valence-corrected chi connectivity index (χ4v) is 2.00. The van der Waals surface area contributed by atoms with E-state index in [1.54, 1.807) is 0 Å². The fourth-order valence-electron chi connectivity index (χ4n) is 2.00. The molecule has 1 aromatic heterocycles. The van der Waals surface area contributed by atoms with Gasteiger partial charge in [0.15, 0.2) is 0 Å². The second-order valence-electron chi connectivity index (χ2n) is 7.94. The van der Waals surface area contributed by atoms with Gasteiger partial charge in [-0.05, 0) is 51.3 Å². The van der Waals surface area contributed by atoms with Gasteiger partial charge in [0.05, 0.1) is 11.3 Å². The van der Waals surface area contributed by atoms with Crippen molar-refractivity contribution in [1.82, 2.24) is 9.88 Å². The Kier molecular flexibility index (Phi) is 5.66. The van der Waals surface area contributed by atoms with E-state index >= 15 is 0 Å². The molecule has 0 unspecified atom stereocenters. The highest BCUT2D eigenvalue weighted by molar-refractivity contribution is 5.17. The summed E-state index contributed by atoms with van der Waals surface area (Å²) in [4.78, 5) is 6.24. The molecule has 1 aromatic rings. The van der Waals surface area contributed by atoms with Crippen molar-refractivity contribution >= 4 is 0 Å². The maximum absolute atomic E-state index is 12.6. The second-order valence-corrected chi connectivity index (χ2v) is 7.94. The van der Waals surface area contributed by atoms with E-state index in [1.807, 2.05) is 0 Å². The van der Waals surface area contributed by atoms with Crippen LogP contribution in [0.1, 0.15) is 59.2 Å². The topological polar surface area (TPSA) is 16.1 Å².